The number of aliphatic hydroxyl groups excluding tert-OH is 1. The quantitative estimate of drug-likeness (QED) is 0.315. The third-order valence-electron chi connectivity index (χ3n) is 7.09. The molecule has 0 amide bonds. The van der Waals surface area contributed by atoms with E-state index in [9.17, 15) is 13.9 Å². The lowest BCUT2D eigenvalue weighted by Crippen LogP contribution is -2.42. The molecule has 1 aliphatic rings. The number of piperidine rings is 1. The van der Waals surface area contributed by atoms with Gasteiger partial charge in [-0.05, 0) is 86.5 Å². The third-order valence-corrected chi connectivity index (χ3v) is 8.48. The summed E-state index contributed by atoms with van der Waals surface area (Å²) in [6.07, 6.45) is 6.15. The first-order valence-corrected chi connectivity index (χ1v) is 13.3. The summed E-state index contributed by atoms with van der Waals surface area (Å²) in [5, 5.41) is 11.9. The first kappa shape index (κ1) is 26.1. The van der Waals surface area contributed by atoms with E-state index in [2.05, 4.69) is 9.88 Å². The Kier molecular flexibility index (Phi) is 8.87. The molecule has 1 fully saturated rings. The van der Waals surface area contributed by atoms with E-state index in [1.54, 1.807) is 13.3 Å². The number of aliphatic hydroxyl groups is 1. The van der Waals surface area contributed by atoms with Gasteiger partial charge in [0, 0.05) is 30.5 Å². The minimum Gasteiger partial charge on any atom is -0.497 e. The van der Waals surface area contributed by atoms with Crippen molar-refractivity contribution in [1.82, 2.24) is 9.88 Å². The standard InChI is InChI=1S/C27H31ClF2N2O2S/c1-34-19-7-8-25-21(16-19)20(22(28)17-31-25)4-3-9-27(18-33)10-12-32(13-11-27)14-15-35-26-23(29)5-2-6-24(26)30/h2,5-8,16-17,33H,3-4,9-15,18H2,1H3. The molecule has 3 aromatic rings. The smallest absolute Gasteiger partial charge is 0.139 e. The van der Waals surface area contributed by atoms with Gasteiger partial charge in [0.1, 0.15) is 17.4 Å². The van der Waals surface area contributed by atoms with Gasteiger partial charge in [0.25, 0.3) is 0 Å². The number of pyridine rings is 1. The minimum absolute atomic E-state index is 0.0918. The first-order valence-electron chi connectivity index (χ1n) is 12.0. The average molecular weight is 521 g/mol. The average Bonchev–Trinajstić information content (AvgIpc) is 2.87. The summed E-state index contributed by atoms with van der Waals surface area (Å²) in [5.41, 5.74) is 1.86. The number of rotatable bonds is 10. The molecule has 0 saturated carbocycles. The van der Waals surface area contributed by atoms with Crippen LogP contribution in [0.1, 0.15) is 31.2 Å². The number of fused-ring (bicyclic) bond motifs is 1. The molecule has 1 N–H and O–H groups in total. The Morgan fingerprint density at radius 1 is 1.17 bits per heavy atom. The molecule has 4 rings (SSSR count). The molecule has 1 saturated heterocycles. The minimum atomic E-state index is -0.506. The Morgan fingerprint density at radius 2 is 1.91 bits per heavy atom. The SMILES string of the molecule is COc1ccc2ncc(Cl)c(CCCC3(CO)CCN(CCSc4c(F)cccc4F)CC3)c2c1. The molecule has 2 aromatic carbocycles. The molecular weight excluding hydrogens is 490 g/mol. The number of aryl methyl sites for hydroxylation is 1. The van der Waals surface area contributed by atoms with Crippen molar-refractivity contribution >= 4 is 34.3 Å². The number of ether oxygens (including phenoxy) is 1. The van der Waals surface area contributed by atoms with E-state index in [0.717, 1.165) is 74.0 Å². The van der Waals surface area contributed by atoms with Crippen LogP contribution in [0.4, 0.5) is 8.78 Å². The first-order chi connectivity index (χ1) is 16.9. The Bertz CT molecular complexity index is 1140. The van der Waals surface area contributed by atoms with Crippen LogP contribution < -0.4 is 4.74 Å². The van der Waals surface area contributed by atoms with Crippen molar-refractivity contribution in [2.45, 2.75) is 37.0 Å². The van der Waals surface area contributed by atoms with Gasteiger partial charge in [-0.2, -0.15) is 0 Å². The number of thioether (sulfide) groups is 1. The van der Waals surface area contributed by atoms with Crippen molar-refractivity contribution in [2.24, 2.45) is 5.41 Å². The van der Waals surface area contributed by atoms with E-state index in [1.807, 2.05) is 18.2 Å². The van der Waals surface area contributed by atoms with Crippen molar-refractivity contribution in [3.8, 4) is 5.75 Å². The van der Waals surface area contributed by atoms with Gasteiger partial charge in [-0.15, -0.1) is 11.8 Å². The molecule has 35 heavy (non-hydrogen) atoms. The van der Waals surface area contributed by atoms with E-state index in [1.165, 1.54) is 30.0 Å². The fourth-order valence-electron chi connectivity index (χ4n) is 4.86. The summed E-state index contributed by atoms with van der Waals surface area (Å²) in [6.45, 7) is 2.67. The van der Waals surface area contributed by atoms with Gasteiger partial charge < -0.3 is 14.7 Å². The van der Waals surface area contributed by atoms with Gasteiger partial charge in [0.2, 0.25) is 0 Å². The Balaban J connectivity index is 1.30. The monoisotopic (exact) mass is 520 g/mol. The molecule has 0 spiro atoms. The maximum atomic E-state index is 13.8. The summed E-state index contributed by atoms with van der Waals surface area (Å²) >= 11 is 7.73. The number of likely N-dealkylation sites (tertiary alicyclic amines) is 1. The van der Waals surface area contributed by atoms with Crippen LogP contribution in [0, 0.1) is 17.0 Å². The second-order valence-corrected chi connectivity index (χ2v) is 10.7. The zero-order chi connectivity index (χ0) is 24.8. The lowest BCUT2D eigenvalue weighted by Gasteiger charge is -2.41. The largest absolute Gasteiger partial charge is 0.497 e. The molecule has 8 heteroatoms. The second kappa shape index (κ2) is 11.9. The Morgan fingerprint density at radius 3 is 2.60 bits per heavy atom. The number of hydrogen-bond acceptors (Lipinski definition) is 5. The van der Waals surface area contributed by atoms with Crippen molar-refractivity contribution in [1.29, 1.82) is 0 Å². The number of methoxy groups -OCH3 is 1. The van der Waals surface area contributed by atoms with Crippen LogP contribution in [0.25, 0.3) is 10.9 Å². The predicted molar refractivity (Wildman–Crippen MR) is 139 cm³/mol. The van der Waals surface area contributed by atoms with Gasteiger partial charge >= 0.3 is 0 Å². The maximum absolute atomic E-state index is 13.8. The van der Waals surface area contributed by atoms with Gasteiger partial charge in [-0.3, -0.25) is 4.98 Å². The van der Waals surface area contributed by atoms with Crippen LogP contribution in [0.5, 0.6) is 5.75 Å². The summed E-state index contributed by atoms with van der Waals surface area (Å²) in [6, 6.07) is 9.79. The zero-order valence-corrected chi connectivity index (χ0v) is 21.5. The number of nitrogens with zero attached hydrogens (tertiary/aromatic N) is 2. The molecule has 1 aliphatic heterocycles. The van der Waals surface area contributed by atoms with Gasteiger partial charge in [-0.25, -0.2) is 8.78 Å². The molecule has 0 radical (unpaired) electrons. The lowest BCUT2D eigenvalue weighted by atomic mass is 9.75. The summed E-state index contributed by atoms with van der Waals surface area (Å²) in [4.78, 5) is 6.84. The normalized spacial score (nSPS) is 16.0. The van der Waals surface area contributed by atoms with Gasteiger partial charge in [0.05, 0.1) is 22.5 Å². The van der Waals surface area contributed by atoms with Gasteiger partial charge in [-0.1, -0.05) is 17.7 Å². The lowest BCUT2D eigenvalue weighted by molar-refractivity contribution is 0.0378. The van der Waals surface area contributed by atoms with Crippen LogP contribution in [0.2, 0.25) is 5.02 Å². The predicted octanol–water partition coefficient (Wildman–Crippen LogP) is 6.36. The molecule has 0 atom stereocenters. The summed E-state index contributed by atoms with van der Waals surface area (Å²) in [7, 11) is 1.65. The highest BCUT2D eigenvalue weighted by molar-refractivity contribution is 7.99. The zero-order valence-electron chi connectivity index (χ0n) is 19.9. The van der Waals surface area contributed by atoms with Crippen LogP contribution >= 0.6 is 23.4 Å². The van der Waals surface area contributed by atoms with Crippen LogP contribution in [0.15, 0.2) is 47.5 Å². The highest BCUT2D eigenvalue weighted by Gasteiger charge is 2.33. The molecular formula is C27H31ClF2N2O2S. The Labute approximate surface area is 214 Å². The third kappa shape index (κ3) is 6.26. The number of aromatic nitrogens is 1. The maximum Gasteiger partial charge on any atom is 0.139 e. The van der Waals surface area contributed by atoms with E-state index < -0.39 is 11.6 Å². The molecule has 0 aliphatic carbocycles. The van der Waals surface area contributed by atoms with E-state index in [4.69, 9.17) is 16.3 Å². The van der Waals surface area contributed by atoms with Crippen LogP contribution in [-0.4, -0.2) is 54.1 Å². The summed E-state index contributed by atoms with van der Waals surface area (Å²) in [5.74, 6) is 0.390. The molecule has 2 heterocycles. The second-order valence-electron chi connectivity index (χ2n) is 9.22. The van der Waals surface area contributed by atoms with E-state index in [-0.39, 0.29) is 16.9 Å². The van der Waals surface area contributed by atoms with Crippen molar-refractivity contribution < 1.29 is 18.6 Å². The molecule has 188 valence electrons. The van der Waals surface area contributed by atoms with Crippen LogP contribution in [-0.2, 0) is 6.42 Å². The molecule has 0 unspecified atom stereocenters. The summed E-state index contributed by atoms with van der Waals surface area (Å²) < 4.78 is 33.0. The van der Waals surface area contributed by atoms with E-state index in [0.29, 0.717) is 10.8 Å². The number of halogens is 3. The highest BCUT2D eigenvalue weighted by Crippen LogP contribution is 2.37. The van der Waals surface area contributed by atoms with Gasteiger partial charge in [0.15, 0.2) is 0 Å². The number of benzene rings is 2. The molecule has 0 bridgehead atoms. The fraction of sp³-hybridized carbons (Fsp3) is 0.444. The molecule has 1 aromatic heterocycles. The Hall–Kier alpha value is -1.93. The number of hydrogen-bond donors (Lipinski definition) is 1. The molecule has 4 nitrogen and oxygen atoms in total. The van der Waals surface area contributed by atoms with Crippen molar-refractivity contribution in [3.63, 3.8) is 0 Å². The van der Waals surface area contributed by atoms with Crippen molar-refractivity contribution in [2.75, 3.05) is 39.1 Å². The highest BCUT2D eigenvalue weighted by atomic mass is 35.5. The van der Waals surface area contributed by atoms with Crippen molar-refractivity contribution in [3.05, 3.63) is 64.8 Å². The van der Waals surface area contributed by atoms with Crippen LogP contribution in [0.3, 0.4) is 0 Å². The fourth-order valence-corrected chi connectivity index (χ4v) is 6.07. The van der Waals surface area contributed by atoms with E-state index >= 15 is 0 Å². The topological polar surface area (TPSA) is 45.6 Å².